The first-order valence-electron chi connectivity index (χ1n) is 7.80. The molecule has 0 saturated carbocycles. The fourth-order valence-corrected chi connectivity index (χ4v) is 2.29. The Kier molecular flexibility index (Phi) is 5.76. The van der Waals surface area contributed by atoms with E-state index >= 15 is 0 Å². The summed E-state index contributed by atoms with van der Waals surface area (Å²) in [7, 11) is 0. The molecule has 0 saturated heterocycles. The van der Waals surface area contributed by atoms with E-state index in [0.29, 0.717) is 18.2 Å². The first-order chi connectivity index (χ1) is 11.0. The van der Waals surface area contributed by atoms with E-state index in [1.165, 1.54) is 0 Å². The summed E-state index contributed by atoms with van der Waals surface area (Å²) in [5.41, 5.74) is 1.79. The Bertz CT molecular complexity index is 637. The van der Waals surface area contributed by atoms with Gasteiger partial charge < -0.3 is 10.4 Å². The Labute approximate surface area is 136 Å². The molecule has 124 valence electrons. The molecule has 0 aliphatic carbocycles. The predicted molar refractivity (Wildman–Crippen MR) is 90.8 cm³/mol. The van der Waals surface area contributed by atoms with Gasteiger partial charge in [-0.05, 0) is 31.4 Å². The number of aromatic nitrogens is 2. The number of aliphatic hydroxyl groups excluding tert-OH is 1. The molecular weight excluding hydrogens is 292 g/mol. The van der Waals surface area contributed by atoms with Gasteiger partial charge in [-0.15, -0.1) is 5.10 Å². The van der Waals surface area contributed by atoms with Crippen molar-refractivity contribution in [1.29, 1.82) is 0 Å². The molecule has 0 spiro atoms. The number of amides is 2. The highest BCUT2D eigenvalue weighted by Crippen LogP contribution is 2.15. The number of para-hydroxylation sites is 1. The molecule has 2 rings (SSSR count). The minimum atomic E-state index is -0.538. The van der Waals surface area contributed by atoms with Crippen molar-refractivity contribution in [1.82, 2.24) is 15.1 Å². The van der Waals surface area contributed by atoms with Crippen LogP contribution < -0.4 is 10.6 Å². The number of hydrogen-bond acceptors (Lipinski definition) is 3. The van der Waals surface area contributed by atoms with Crippen LogP contribution in [0.1, 0.15) is 25.8 Å². The van der Waals surface area contributed by atoms with Crippen LogP contribution in [0.25, 0.3) is 5.69 Å². The lowest BCUT2D eigenvalue weighted by molar-refractivity contribution is 0.148. The standard InChI is InChI=1S/C17H24N4O2/c1-12(2)9-15(22)10-18-17(23)19-16-13(3)11-21(20-16)14-7-5-4-6-8-14/h4-8,11-12,15,22H,9-10H2,1-3H3,(H2,18,19,20,23). The monoisotopic (exact) mass is 316 g/mol. The Hall–Kier alpha value is -2.34. The molecule has 2 aromatic rings. The molecule has 1 unspecified atom stereocenters. The summed E-state index contributed by atoms with van der Waals surface area (Å²) in [4.78, 5) is 11.9. The third kappa shape index (κ3) is 5.10. The first kappa shape index (κ1) is 17.0. The molecule has 23 heavy (non-hydrogen) atoms. The maximum atomic E-state index is 11.9. The highest BCUT2D eigenvalue weighted by Gasteiger charge is 2.12. The van der Waals surface area contributed by atoms with Gasteiger partial charge in [-0.2, -0.15) is 0 Å². The molecule has 6 nitrogen and oxygen atoms in total. The van der Waals surface area contributed by atoms with E-state index in [0.717, 1.165) is 11.3 Å². The molecule has 6 heteroatoms. The second-order valence-electron chi connectivity index (χ2n) is 6.06. The number of anilines is 1. The zero-order valence-corrected chi connectivity index (χ0v) is 13.8. The number of benzene rings is 1. The Morgan fingerprint density at radius 2 is 2.00 bits per heavy atom. The second kappa shape index (κ2) is 7.78. The average Bonchev–Trinajstić information content (AvgIpc) is 2.86. The van der Waals surface area contributed by atoms with Gasteiger partial charge in [-0.25, -0.2) is 9.48 Å². The lowest BCUT2D eigenvalue weighted by Gasteiger charge is -2.14. The molecule has 0 radical (unpaired) electrons. The van der Waals surface area contributed by atoms with Gasteiger partial charge in [0.25, 0.3) is 0 Å². The number of hydrogen-bond donors (Lipinski definition) is 3. The van der Waals surface area contributed by atoms with Crippen molar-refractivity contribution in [3.63, 3.8) is 0 Å². The Balaban J connectivity index is 1.93. The summed E-state index contributed by atoms with van der Waals surface area (Å²) < 4.78 is 1.72. The van der Waals surface area contributed by atoms with Crippen molar-refractivity contribution < 1.29 is 9.90 Å². The van der Waals surface area contributed by atoms with Gasteiger partial charge in [0.05, 0.1) is 11.8 Å². The van der Waals surface area contributed by atoms with Gasteiger partial charge in [-0.1, -0.05) is 32.0 Å². The third-order valence-corrected chi connectivity index (χ3v) is 3.39. The van der Waals surface area contributed by atoms with Crippen LogP contribution >= 0.6 is 0 Å². The number of urea groups is 1. The molecule has 0 aliphatic heterocycles. The van der Waals surface area contributed by atoms with Gasteiger partial charge >= 0.3 is 6.03 Å². The number of carbonyl (C=O) groups is 1. The highest BCUT2D eigenvalue weighted by molar-refractivity contribution is 5.88. The van der Waals surface area contributed by atoms with E-state index in [-0.39, 0.29) is 12.6 Å². The minimum absolute atomic E-state index is 0.225. The van der Waals surface area contributed by atoms with Crippen LogP contribution in [0.4, 0.5) is 10.6 Å². The van der Waals surface area contributed by atoms with Crippen molar-refractivity contribution in [3.05, 3.63) is 42.1 Å². The fourth-order valence-electron chi connectivity index (χ4n) is 2.29. The van der Waals surface area contributed by atoms with Crippen molar-refractivity contribution in [2.45, 2.75) is 33.3 Å². The molecule has 1 aromatic heterocycles. The van der Waals surface area contributed by atoms with Crippen LogP contribution in [0.2, 0.25) is 0 Å². The Morgan fingerprint density at radius 1 is 1.30 bits per heavy atom. The normalized spacial score (nSPS) is 12.2. The molecule has 1 aromatic carbocycles. The fraction of sp³-hybridized carbons (Fsp3) is 0.412. The van der Waals surface area contributed by atoms with Crippen molar-refractivity contribution in [3.8, 4) is 5.69 Å². The number of aryl methyl sites for hydroxylation is 1. The van der Waals surface area contributed by atoms with Crippen LogP contribution in [-0.4, -0.2) is 33.6 Å². The summed E-state index contributed by atoms with van der Waals surface area (Å²) in [6.07, 6.45) is 1.98. The third-order valence-electron chi connectivity index (χ3n) is 3.39. The number of rotatable bonds is 6. The first-order valence-corrected chi connectivity index (χ1v) is 7.80. The maximum absolute atomic E-state index is 11.9. The zero-order chi connectivity index (χ0) is 16.8. The van der Waals surface area contributed by atoms with E-state index in [2.05, 4.69) is 15.7 Å². The largest absolute Gasteiger partial charge is 0.391 e. The van der Waals surface area contributed by atoms with Crippen molar-refractivity contribution in [2.75, 3.05) is 11.9 Å². The van der Waals surface area contributed by atoms with E-state index < -0.39 is 6.10 Å². The molecule has 2 amide bonds. The second-order valence-corrected chi connectivity index (χ2v) is 6.06. The highest BCUT2D eigenvalue weighted by atomic mass is 16.3. The van der Waals surface area contributed by atoms with E-state index in [1.807, 2.05) is 57.3 Å². The molecule has 0 bridgehead atoms. The molecule has 3 N–H and O–H groups in total. The van der Waals surface area contributed by atoms with Gasteiger partial charge in [0, 0.05) is 18.3 Å². The van der Waals surface area contributed by atoms with Crippen LogP contribution in [0.3, 0.4) is 0 Å². The van der Waals surface area contributed by atoms with E-state index in [9.17, 15) is 9.90 Å². The lowest BCUT2D eigenvalue weighted by atomic mass is 10.1. The predicted octanol–water partition coefficient (Wildman–Crippen LogP) is 2.71. The van der Waals surface area contributed by atoms with Crippen LogP contribution in [0.5, 0.6) is 0 Å². The van der Waals surface area contributed by atoms with Crippen LogP contribution in [0.15, 0.2) is 36.5 Å². The maximum Gasteiger partial charge on any atom is 0.320 e. The summed E-state index contributed by atoms with van der Waals surface area (Å²) in [6.45, 7) is 6.17. The molecule has 0 aliphatic rings. The van der Waals surface area contributed by atoms with Gasteiger partial charge in [-0.3, -0.25) is 5.32 Å². The number of carbonyl (C=O) groups excluding carboxylic acids is 1. The number of nitrogens with one attached hydrogen (secondary N) is 2. The summed E-state index contributed by atoms with van der Waals surface area (Å²) >= 11 is 0. The van der Waals surface area contributed by atoms with Gasteiger partial charge in [0.1, 0.15) is 0 Å². The lowest BCUT2D eigenvalue weighted by Crippen LogP contribution is -2.36. The summed E-state index contributed by atoms with van der Waals surface area (Å²) in [5, 5.41) is 19.5. The SMILES string of the molecule is Cc1cn(-c2ccccc2)nc1NC(=O)NCC(O)CC(C)C. The van der Waals surface area contributed by atoms with Gasteiger partial charge in [0.15, 0.2) is 5.82 Å². The topological polar surface area (TPSA) is 79.2 Å². The molecule has 1 atom stereocenters. The van der Waals surface area contributed by atoms with Crippen molar-refractivity contribution >= 4 is 11.8 Å². The summed E-state index contributed by atoms with van der Waals surface area (Å²) in [5.74, 6) is 0.892. The average molecular weight is 316 g/mol. The van der Waals surface area contributed by atoms with E-state index in [1.54, 1.807) is 4.68 Å². The smallest absolute Gasteiger partial charge is 0.320 e. The zero-order valence-electron chi connectivity index (χ0n) is 13.8. The number of nitrogens with zero attached hydrogens (tertiary/aromatic N) is 2. The van der Waals surface area contributed by atoms with Crippen LogP contribution in [0, 0.1) is 12.8 Å². The Morgan fingerprint density at radius 3 is 2.65 bits per heavy atom. The minimum Gasteiger partial charge on any atom is -0.391 e. The van der Waals surface area contributed by atoms with Crippen molar-refractivity contribution in [2.24, 2.45) is 5.92 Å². The molecule has 1 heterocycles. The quantitative estimate of drug-likeness (QED) is 0.766. The summed E-state index contributed by atoms with van der Waals surface area (Å²) in [6, 6.07) is 9.32. The van der Waals surface area contributed by atoms with Gasteiger partial charge in [0.2, 0.25) is 0 Å². The van der Waals surface area contributed by atoms with Crippen LogP contribution in [-0.2, 0) is 0 Å². The number of aliphatic hydroxyl groups is 1. The molecular formula is C17H24N4O2. The van der Waals surface area contributed by atoms with E-state index in [4.69, 9.17) is 0 Å². The molecule has 0 fully saturated rings.